The van der Waals surface area contributed by atoms with Gasteiger partial charge in [-0.05, 0) is 146 Å². The number of thiazole rings is 1. The molecule has 11 rings (SSSR count). The van der Waals surface area contributed by atoms with Crippen molar-refractivity contribution in [2.24, 2.45) is 33.6 Å². The van der Waals surface area contributed by atoms with Crippen molar-refractivity contribution in [3.8, 4) is 11.1 Å². The molecule has 0 saturated heterocycles. The zero-order chi connectivity index (χ0) is 63.6. The van der Waals surface area contributed by atoms with Crippen molar-refractivity contribution in [1.29, 1.82) is 0 Å². The highest BCUT2D eigenvalue weighted by Crippen LogP contribution is 2.72. The van der Waals surface area contributed by atoms with E-state index in [-0.39, 0.29) is 73.0 Å². The lowest BCUT2D eigenvalue weighted by atomic mass is 9.39. The number of nitrogens with two attached hydrogens (primary N) is 2. The smallest absolute Gasteiger partial charge is 0.410 e. The van der Waals surface area contributed by atoms with Crippen LogP contribution in [0.25, 0.3) is 21.3 Å². The van der Waals surface area contributed by atoms with E-state index in [4.69, 9.17) is 31.0 Å². The standard InChI is InChI=1S/C63H78N12O12S2/c1-38(2)51(64)55(78)69-48(13-9-22-66-57(65)81)54(77)68-42-17-15-40(16-18-42)30-86-59(82)73(25-27-89(83,84)85)24-26-87-63-34-60(4)31-61(5,35-63)33-62(32-60,36-63)37-75-39(3)45(28-67-75)43-19-20-50(71-52(43)56(79)80)74-23-21-41-10-8-11-44(46(41)29-74)53(76)72-58-70-47-12-6-7-14-49(47)88-58/h6-8,10-12,14-20,28,38,48,51H,9,13,21-27,29-37,64H2,1-5H3,(H,68,77)(H,69,78)(H,79,80)(H3,65,66,81)(H,70,72,76)(H,83,84,85)/t48-,51-,60?,61?,62-,63-/m0/s1. The molecule has 4 saturated carbocycles. The van der Waals surface area contributed by atoms with Gasteiger partial charge in [0.2, 0.25) is 11.8 Å². The number of hydrogen-bond donors (Lipinski definition) is 8. The van der Waals surface area contributed by atoms with Gasteiger partial charge in [-0.3, -0.25) is 28.9 Å². The molecule has 24 nitrogen and oxygen atoms in total. The van der Waals surface area contributed by atoms with Gasteiger partial charge in [0.1, 0.15) is 18.5 Å². The minimum Gasteiger partial charge on any atom is -0.476 e. The largest absolute Gasteiger partial charge is 0.476 e. The van der Waals surface area contributed by atoms with Crippen LogP contribution in [0.5, 0.6) is 0 Å². The Morgan fingerprint density at radius 3 is 2.30 bits per heavy atom. The molecular weight excluding hydrogens is 1180 g/mol. The summed E-state index contributed by atoms with van der Waals surface area (Å²) in [6.07, 6.45) is 7.12. The minimum absolute atomic E-state index is 0.0325. The highest BCUT2D eigenvalue weighted by atomic mass is 32.2. The molecule has 6 amide bonds. The third-order valence-electron chi connectivity index (χ3n) is 17.8. The Kier molecular flexibility index (Phi) is 18.6. The fraction of sp³-hybridized carbons (Fsp3) is 0.476. The molecule has 1 aliphatic heterocycles. The van der Waals surface area contributed by atoms with E-state index in [2.05, 4.69) is 40.1 Å². The fourth-order valence-electron chi connectivity index (χ4n) is 14.8. The summed E-state index contributed by atoms with van der Waals surface area (Å²) in [7, 11) is -4.47. The molecule has 4 fully saturated rings. The molecule has 3 aromatic heterocycles. The van der Waals surface area contributed by atoms with Crippen molar-refractivity contribution in [2.45, 2.75) is 130 Å². The average molecular weight is 1260 g/mol. The number of nitrogens with one attached hydrogen (secondary N) is 4. The number of ether oxygens (including phenoxy) is 2. The van der Waals surface area contributed by atoms with E-state index in [1.165, 1.54) is 16.2 Å². The van der Waals surface area contributed by atoms with E-state index in [0.29, 0.717) is 77.8 Å². The van der Waals surface area contributed by atoms with Gasteiger partial charge in [-0.1, -0.05) is 75.4 Å². The zero-order valence-electron chi connectivity index (χ0n) is 50.7. The molecule has 4 heterocycles. The predicted octanol–water partition coefficient (Wildman–Crippen LogP) is 7.89. The Labute approximate surface area is 520 Å². The van der Waals surface area contributed by atoms with Gasteiger partial charge in [0.25, 0.3) is 16.0 Å². The van der Waals surface area contributed by atoms with Crippen LogP contribution < -0.4 is 37.6 Å². The number of rotatable bonds is 25. The second-order valence-electron chi connectivity index (χ2n) is 25.7. The first-order valence-corrected chi connectivity index (χ1v) is 32.4. The Hall–Kier alpha value is -8.04. The minimum atomic E-state index is -4.47. The number of nitrogens with zero attached hydrogens (tertiary/aromatic N) is 6. The SMILES string of the molecule is Cc1c(-c2ccc(N3CCc4cccc(C(=O)Nc5nc6ccccc6s5)c4C3)nc2C(=O)O)cnn1C[C@]12CC3(C)CC(C)(C1)C[C@](OCCN(CCS(=O)(=O)O)C(=O)OCc1ccc(NC(=O)[C@H](CCCNC(N)=O)NC(=O)[C@@H](N)C(C)C)cc1)(C3)C2. The lowest BCUT2D eigenvalue weighted by molar-refractivity contribution is -0.248. The van der Waals surface area contributed by atoms with Crippen LogP contribution in [0.4, 0.5) is 26.2 Å². The van der Waals surface area contributed by atoms with Crippen molar-refractivity contribution in [3.63, 3.8) is 0 Å². The summed E-state index contributed by atoms with van der Waals surface area (Å²) in [5.41, 5.74) is 16.1. The first-order valence-electron chi connectivity index (χ1n) is 30.0. The molecule has 4 bridgehead atoms. The van der Waals surface area contributed by atoms with Gasteiger partial charge in [0, 0.05) is 67.3 Å². The summed E-state index contributed by atoms with van der Waals surface area (Å²) < 4.78 is 49.3. The summed E-state index contributed by atoms with van der Waals surface area (Å²) >= 11 is 1.40. The highest BCUT2D eigenvalue weighted by Gasteiger charge is 2.66. The maximum absolute atomic E-state index is 13.8. The van der Waals surface area contributed by atoms with Crippen LogP contribution in [-0.2, 0) is 55.3 Å². The van der Waals surface area contributed by atoms with E-state index in [9.17, 15) is 46.8 Å². The maximum Gasteiger partial charge on any atom is 0.410 e. The Morgan fingerprint density at radius 1 is 0.865 bits per heavy atom. The van der Waals surface area contributed by atoms with Gasteiger partial charge in [0.05, 0.1) is 40.4 Å². The lowest BCUT2D eigenvalue weighted by Crippen LogP contribution is -2.64. The molecule has 26 heteroatoms. The molecule has 10 N–H and O–H groups in total. The number of anilines is 3. The number of benzene rings is 3. The number of amides is 6. The quantitative estimate of drug-likeness (QED) is 0.0199. The van der Waals surface area contributed by atoms with Crippen LogP contribution >= 0.6 is 11.3 Å². The van der Waals surface area contributed by atoms with E-state index in [1.54, 1.807) is 56.4 Å². The van der Waals surface area contributed by atoms with E-state index in [0.717, 1.165) is 59.1 Å². The van der Waals surface area contributed by atoms with Crippen molar-refractivity contribution >= 4 is 84.1 Å². The third-order valence-corrected chi connectivity index (χ3v) is 19.5. The first kappa shape index (κ1) is 64.0. The fourth-order valence-corrected chi connectivity index (χ4v) is 16.1. The number of pyridine rings is 1. The molecule has 0 spiro atoms. The van der Waals surface area contributed by atoms with Crippen LogP contribution in [0.15, 0.2) is 85.1 Å². The van der Waals surface area contributed by atoms with Crippen molar-refractivity contribution in [1.82, 2.24) is 35.3 Å². The van der Waals surface area contributed by atoms with Gasteiger partial charge < -0.3 is 51.8 Å². The summed E-state index contributed by atoms with van der Waals surface area (Å²) in [6, 6.07) is 20.9. The summed E-state index contributed by atoms with van der Waals surface area (Å²) in [5.74, 6) is -2.91. The second kappa shape index (κ2) is 25.8. The highest BCUT2D eigenvalue weighted by molar-refractivity contribution is 7.85. The van der Waals surface area contributed by atoms with Crippen LogP contribution in [-0.4, -0.2) is 135 Å². The van der Waals surface area contributed by atoms with Crippen LogP contribution in [0, 0.1) is 29.1 Å². The van der Waals surface area contributed by atoms with E-state index >= 15 is 0 Å². The van der Waals surface area contributed by atoms with Gasteiger partial charge in [-0.15, -0.1) is 0 Å². The Morgan fingerprint density at radius 2 is 1.61 bits per heavy atom. The number of para-hydroxylation sites is 1. The molecule has 6 aromatic rings. The third kappa shape index (κ3) is 15.0. The molecule has 4 aliphatic carbocycles. The summed E-state index contributed by atoms with van der Waals surface area (Å²) in [5, 5.41) is 27.1. The number of hydrogen-bond acceptors (Lipinski definition) is 16. The number of carboxylic acid groups (broad SMARTS) is 1. The Bertz CT molecular complexity index is 3750. The number of aromatic nitrogens is 4. The Balaban J connectivity index is 0.781. The lowest BCUT2D eigenvalue weighted by Gasteiger charge is -2.69. The number of aromatic carboxylic acids is 1. The predicted molar refractivity (Wildman–Crippen MR) is 336 cm³/mol. The van der Waals surface area contributed by atoms with Crippen molar-refractivity contribution in [3.05, 3.63) is 119 Å². The molecule has 0 radical (unpaired) electrons. The van der Waals surface area contributed by atoms with Gasteiger partial charge in [0.15, 0.2) is 10.8 Å². The number of urea groups is 1. The molecular formula is C63H78N12O12S2. The van der Waals surface area contributed by atoms with Crippen molar-refractivity contribution < 1.29 is 56.3 Å². The monoisotopic (exact) mass is 1260 g/mol. The summed E-state index contributed by atoms with van der Waals surface area (Å²) in [4.78, 5) is 90.6. The molecule has 3 aromatic carbocycles. The van der Waals surface area contributed by atoms with E-state index < -0.39 is 63.5 Å². The number of fused-ring (bicyclic) bond motifs is 2. The van der Waals surface area contributed by atoms with Gasteiger partial charge in [-0.25, -0.2) is 24.4 Å². The van der Waals surface area contributed by atoms with Crippen LogP contribution in [0.2, 0.25) is 0 Å². The van der Waals surface area contributed by atoms with Crippen LogP contribution in [0.1, 0.15) is 122 Å². The molecule has 4 atom stereocenters. The van der Waals surface area contributed by atoms with Gasteiger partial charge in [-0.2, -0.15) is 13.5 Å². The summed E-state index contributed by atoms with van der Waals surface area (Å²) in [6.45, 7) is 11.2. The van der Waals surface area contributed by atoms with Crippen LogP contribution in [0.3, 0.4) is 0 Å². The zero-order valence-corrected chi connectivity index (χ0v) is 52.3. The van der Waals surface area contributed by atoms with Gasteiger partial charge >= 0.3 is 18.1 Å². The molecule has 89 heavy (non-hydrogen) atoms. The molecule has 474 valence electrons. The number of carbonyl (C=O) groups is 6. The average Bonchev–Trinajstić information content (AvgIpc) is 1.02. The van der Waals surface area contributed by atoms with Crippen molar-refractivity contribution in [2.75, 3.05) is 54.1 Å². The molecule has 2 unspecified atom stereocenters. The topological polar surface area (TPSA) is 346 Å². The number of carbonyl (C=O) groups excluding carboxylic acids is 5. The first-order chi connectivity index (χ1) is 42.2. The second-order valence-corrected chi connectivity index (χ2v) is 28.3. The normalized spacial score (nSPS) is 21.6. The molecule has 5 aliphatic rings. The number of primary amides is 1. The number of carboxylic acids is 1. The van der Waals surface area contributed by atoms with E-state index in [1.807, 2.05) is 59.0 Å². The maximum atomic E-state index is 13.8.